The number of hydrogen-bond donors (Lipinski definition) is 3. The second kappa shape index (κ2) is 28.3. The maximum absolute atomic E-state index is 9.06. The summed E-state index contributed by atoms with van der Waals surface area (Å²) >= 11 is 0. The second-order valence-corrected chi connectivity index (χ2v) is 6.39. The van der Waals surface area contributed by atoms with Crippen LogP contribution in [-0.2, 0) is 4.79 Å². The highest BCUT2D eigenvalue weighted by Crippen LogP contribution is 2.13. The minimum atomic E-state index is 0.153. The Balaban J connectivity index is -0.000000431. The Morgan fingerprint density at radius 1 is 1.19 bits per heavy atom. The van der Waals surface area contributed by atoms with Gasteiger partial charge in [0.1, 0.15) is 6.29 Å². The monoisotopic (exact) mass is 442 g/mol. The molecule has 0 aliphatic heterocycles. The molecule has 1 unspecified atom stereocenters. The number of nitrogens with two attached hydrogens (primary N) is 1. The minimum absolute atomic E-state index is 0.153. The lowest BCUT2D eigenvalue weighted by Crippen LogP contribution is -2.14. The third-order valence-electron chi connectivity index (χ3n) is 3.68. The van der Waals surface area contributed by atoms with Crippen molar-refractivity contribution in [2.24, 2.45) is 5.73 Å². The van der Waals surface area contributed by atoms with E-state index in [0.29, 0.717) is 6.29 Å². The summed E-state index contributed by atoms with van der Waals surface area (Å²) in [5.74, 6) is 0. The summed E-state index contributed by atoms with van der Waals surface area (Å²) in [6, 6.07) is 9.76. The summed E-state index contributed by atoms with van der Waals surface area (Å²) in [4.78, 5) is 9.06. The molecule has 0 spiro atoms. The summed E-state index contributed by atoms with van der Waals surface area (Å²) in [7, 11) is 0. The summed E-state index contributed by atoms with van der Waals surface area (Å²) in [5, 5.41) is 12.1. The minimum Gasteiger partial charge on any atom is -0.515 e. The number of aliphatic hydroxyl groups excluding tert-OH is 1. The van der Waals surface area contributed by atoms with Crippen LogP contribution in [0.1, 0.15) is 59.4 Å². The average Bonchev–Trinajstić information content (AvgIpc) is 2.83. The van der Waals surface area contributed by atoms with Crippen LogP contribution in [0.5, 0.6) is 0 Å². The van der Waals surface area contributed by atoms with Gasteiger partial charge in [-0.2, -0.15) is 0 Å². The van der Waals surface area contributed by atoms with Crippen molar-refractivity contribution in [3.63, 3.8) is 0 Å². The molecule has 0 amide bonds. The second-order valence-electron chi connectivity index (χ2n) is 6.39. The molecule has 1 aromatic rings. The molecule has 0 saturated heterocycles. The first-order valence-electron chi connectivity index (χ1n) is 11.4. The van der Waals surface area contributed by atoms with E-state index in [4.69, 9.17) is 15.6 Å². The highest BCUT2D eigenvalue weighted by Gasteiger charge is 1.95. The molecule has 4 nitrogen and oxygen atoms in total. The number of carbonyl (C=O) groups excluding carboxylic acids is 1. The van der Waals surface area contributed by atoms with Crippen LogP contribution in [0.3, 0.4) is 0 Å². The normalized spacial score (nSPS) is 11.6. The zero-order valence-electron chi connectivity index (χ0n) is 20.9. The fourth-order valence-corrected chi connectivity index (χ4v) is 2.30. The number of carbonyl (C=O) groups is 1. The number of aldehydes is 1. The maximum Gasteiger partial charge on any atom is 0.142 e. The smallest absolute Gasteiger partial charge is 0.142 e. The van der Waals surface area contributed by atoms with E-state index in [2.05, 4.69) is 50.6 Å². The standard InChI is InChI=1S/C13H26N2.C10H10O.C3H4O.C2H6/c1-4-6-8-13(11-12(3)14)9-7-10-15-5-2;1-2-9(8-11)10-6-4-3-5-7-10;1-2-3-4;1-2/h6,8,11-12,15H,4-5,7,9-10,14H2,1-3H3;2-8,11H,1H2;2-3H,1H2;1-2H3/b8-6-,13-11+;9-8+;;. The van der Waals surface area contributed by atoms with E-state index in [0.717, 1.165) is 43.3 Å². The molecule has 0 fully saturated rings. The molecule has 0 aliphatic rings. The van der Waals surface area contributed by atoms with Crippen LogP contribution in [0.25, 0.3) is 5.57 Å². The Morgan fingerprint density at radius 3 is 2.19 bits per heavy atom. The van der Waals surface area contributed by atoms with Crippen molar-refractivity contribution in [2.45, 2.75) is 59.9 Å². The van der Waals surface area contributed by atoms with Crippen molar-refractivity contribution in [3.05, 3.63) is 91.3 Å². The summed E-state index contributed by atoms with van der Waals surface area (Å²) < 4.78 is 0. The number of nitrogens with one attached hydrogen (secondary N) is 1. The largest absolute Gasteiger partial charge is 0.515 e. The lowest BCUT2D eigenvalue weighted by Gasteiger charge is -2.05. The molecule has 1 aromatic carbocycles. The highest BCUT2D eigenvalue weighted by atomic mass is 16.2. The van der Waals surface area contributed by atoms with E-state index in [9.17, 15) is 0 Å². The lowest BCUT2D eigenvalue weighted by atomic mass is 10.1. The highest BCUT2D eigenvalue weighted by molar-refractivity contribution is 5.72. The van der Waals surface area contributed by atoms with Crippen LogP contribution < -0.4 is 11.1 Å². The Kier molecular flexibility index (Phi) is 30.0. The van der Waals surface area contributed by atoms with Gasteiger partial charge in [-0.05, 0) is 50.9 Å². The van der Waals surface area contributed by atoms with Gasteiger partial charge in [0.05, 0.1) is 6.26 Å². The van der Waals surface area contributed by atoms with Gasteiger partial charge in [-0.15, -0.1) is 0 Å². The topological polar surface area (TPSA) is 75.3 Å². The number of allylic oxidation sites excluding steroid dienone is 6. The van der Waals surface area contributed by atoms with Gasteiger partial charge in [-0.1, -0.05) is 101 Å². The van der Waals surface area contributed by atoms with Crippen LogP contribution in [0.2, 0.25) is 0 Å². The van der Waals surface area contributed by atoms with Crippen molar-refractivity contribution in [1.29, 1.82) is 0 Å². The summed E-state index contributed by atoms with van der Waals surface area (Å²) in [6.07, 6.45) is 14.4. The Labute approximate surface area is 197 Å². The average molecular weight is 443 g/mol. The van der Waals surface area contributed by atoms with Crippen molar-refractivity contribution < 1.29 is 9.90 Å². The van der Waals surface area contributed by atoms with E-state index >= 15 is 0 Å². The molecule has 0 saturated carbocycles. The van der Waals surface area contributed by atoms with Gasteiger partial charge in [-0.25, -0.2) is 0 Å². The fourth-order valence-electron chi connectivity index (χ4n) is 2.30. The van der Waals surface area contributed by atoms with Crippen LogP contribution in [0.15, 0.2) is 85.7 Å². The predicted molar refractivity (Wildman–Crippen MR) is 144 cm³/mol. The fraction of sp³-hybridized carbons (Fsp3) is 0.393. The number of benzene rings is 1. The molecule has 0 bridgehead atoms. The zero-order chi connectivity index (χ0) is 25.0. The molecule has 0 radical (unpaired) electrons. The van der Waals surface area contributed by atoms with Crippen molar-refractivity contribution >= 4 is 11.9 Å². The Bertz CT molecular complexity index is 639. The van der Waals surface area contributed by atoms with Gasteiger partial charge < -0.3 is 16.2 Å². The third kappa shape index (κ3) is 23.6. The number of rotatable bonds is 11. The van der Waals surface area contributed by atoms with Crippen LogP contribution in [0, 0.1) is 0 Å². The van der Waals surface area contributed by atoms with Gasteiger partial charge in [0.25, 0.3) is 0 Å². The molecule has 0 aromatic heterocycles. The first kappa shape index (κ1) is 33.9. The molecule has 32 heavy (non-hydrogen) atoms. The van der Waals surface area contributed by atoms with E-state index in [1.54, 1.807) is 6.08 Å². The van der Waals surface area contributed by atoms with E-state index < -0.39 is 0 Å². The van der Waals surface area contributed by atoms with Crippen molar-refractivity contribution in [1.82, 2.24) is 5.32 Å². The van der Waals surface area contributed by atoms with Crippen LogP contribution >= 0.6 is 0 Å². The molecule has 0 heterocycles. The summed E-state index contributed by atoms with van der Waals surface area (Å²) in [6.45, 7) is 19.1. The lowest BCUT2D eigenvalue weighted by molar-refractivity contribution is -0.104. The Hall–Kier alpha value is -2.69. The molecule has 4 heteroatoms. The SMILES string of the molecule is C=C/C(=C\O)c1ccccc1.C=CC=O.CC.CC/C=C\C(=C/C(C)N)CCCNCC. The van der Waals surface area contributed by atoms with Crippen molar-refractivity contribution in [3.8, 4) is 0 Å². The molecule has 1 atom stereocenters. The molecule has 180 valence electrons. The number of hydrogen-bond acceptors (Lipinski definition) is 4. The first-order chi connectivity index (χ1) is 15.5. The van der Waals surface area contributed by atoms with Gasteiger partial charge >= 0.3 is 0 Å². The number of aliphatic hydroxyl groups is 1. The van der Waals surface area contributed by atoms with Crippen LogP contribution in [-0.4, -0.2) is 30.5 Å². The summed E-state index contributed by atoms with van der Waals surface area (Å²) in [5.41, 5.74) is 8.85. The predicted octanol–water partition coefficient (Wildman–Crippen LogP) is 6.78. The molecule has 4 N–H and O–H groups in total. The first-order valence-corrected chi connectivity index (χ1v) is 11.4. The van der Waals surface area contributed by atoms with E-state index in [1.165, 1.54) is 18.1 Å². The maximum atomic E-state index is 9.06. The van der Waals surface area contributed by atoms with Crippen molar-refractivity contribution in [2.75, 3.05) is 13.1 Å². The molecule has 1 rings (SSSR count). The van der Waals surface area contributed by atoms with Gasteiger partial charge in [0.2, 0.25) is 0 Å². The molecule has 0 aliphatic carbocycles. The Morgan fingerprint density at radius 2 is 1.78 bits per heavy atom. The third-order valence-corrected chi connectivity index (χ3v) is 3.68. The molecular weight excluding hydrogens is 396 g/mol. The molecular formula is C28H46N2O2. The van der Waals surface area contributed by atoms with Crippen LogP contribution in [0.4, 0.5) is 0 Å². The van der Waals surface area contributed by atoms with Gasteiger partial charge in [-0.3, -0.25) is 4.79 Å². The van der Waals surface area contributed by atoms with E-state index in [-0.39, 0.29) is 6.04 Å². The van der Waals surface area contributed by atoms with Gasteiger partial charge in [0, 0.05) is 11.6 Å². The van der Waals surface area contributed by atoms with E-state index in [1.807, 2.05) is 51.1 Å². The van der Waals surface area contributed by atoms with Gasteiger partial charge in [0.15, 0.2) is 0 Å². The zero-order valence-corrected chi connectivity index (χ0v) is 20.9. The quantitative estimate of drug-likeness (QED) is 0.116.